The maximum atomic E-state index is 5.40. The molecule has 1 heterocycles. The van der Waals surface area contributed by atoms with Gasteiger partial charge in [-0.1, -0.05) is 30.3 Å². The van der Waals surface area contributed by atoms with E-state index in [1.807, 2.05) is 12.1 Å². The van der Waals surface area contributed by atoms with Crippen molar-refractivity contribution in [2.45, 2.75) is 12.6 Å². The summed E-state index contributed by atoms with van der Waals surface area (Å²) in [6.45, 7) is 2.53. The van der Waals surface area contributed by atoms with Crippen molar-refractivity contribution in [3.8, 4) is 5.75 Å². The Kier molecular flexibility index (Phi) is 3.17. The number of rotatable bonds is 4. The quantitative estimate of drug-likeness (QED) is 0.894. The zero-order valence-electron chi connectivity index (χ0n) is 10.5. The number of hydrogen-bond donors (Lipinski definition) is 1. The van der Waals surface area contributed by atoms with Crippen LogP contribution in [0.5, 0.6) is 5.75 Å². The first-order chi connectivity index (χ1) is 8.88. The molecule has 3 rings (SSSR count). The highest BCUT2D eigenvalue weighted by Gasteiger charge is 2.17. The Bertz CT molecular complexity index is 549. The van der Waals surface area contributed by atoms with Crippen LogP contribution in [0.1, 0.15) is 5.56 Å². The Morgan fingerprint density at radius 1 is 1.17 bits per heavy atom. The van der Waals surface area contributed by atoms with E-state index >= 15 is 0 Å². The maximum absolute atomic E-state index is 5.40. The van der Waals surface area contributed by atoms with Gasteiger partial charge < -0.3 is 14.8 Å². The van der Waals surface area contributed by atoms with E-state index in [1.165, 1.54) is 16.3 Å². The van der Waals surface area contributed by atoms with Crippen molar-refractivity contribution >= 4 is 10.8 Å². The second kappa shape index (κ2) is 4.96. The van der Waals surface area contributed by atoms with Crippen LogP contribution in [0.3, 0.4) is 0 Å². The van der Waals surface area contributed by atoms with Crippen LogP contribution in [0.4, 0.5) is 0 Å². The van der Waals surface area contributed by atoms with Crippen LogP contribution in [-0.2, 0) is 11.3 Å². The number of hydrogen-bond acceptors (Lipinski definition) is 3. The van der Waals surface area contributed by atoms with Gasteiger partial charge in [0, 0.05) is 11.9 Å². The first-order valence-corrected chi connectivity index (χ1v) is 6.24. The third kappa shape index (κ3) is 2.07. The summed E-state index contributed by atoms with van der Waals surface area (Å²) in [6, 6.07) is 13.0. The molecule has 0 atom stereocenters. The maximum Gasteiger partial charge on any atom is 0.126 e. The summed E-state index contributed by atoms with van der Waals surface area (Å²) < 4.78 is 10.6. The average molecular weight is 243 g/mol. The predicted octanol–water partition coefficient (Wildman–Crippen LogP) is 2.34. The van der Waals surface area contributed by atoms with Gasteiger partial charge in [0.1, 0.15) is 5.75 Å². The Morgan fingerprint density at radius 3 is 2.61 bits per heavy atom. The number of methoxy groups -OCH3 is 1. The van der Waals surface area contributed by atoms with Gasteiger partial charge in [-0.2, -0.15) is 0 Å². The lowest BCUT2D eigenvalue weighted by Crippen LogP contribution is -2.45. The molecule has 94 valence electrons. The monoisotopic (exact) mass is 243 g/mol. The second-order valence-electron chi connectivity index (χ2n) is 4.59. The van der Waals surface area contributed by atoms with Crippen LogP contribution in [0, 0.1) is 0 Å². The van der Waals surface area contributed by atoms with Crippen LogP contribution in [0.15, 0.2) is 36.4 Å². The highest BCUT2D eigenvalue weighted by Crippen LogP contribution is 2.28. The fourth-order valence-electron chi connectivity index (χ4n) is 2.27. The van der Waals surface area contributed by atoms with Crippen LogP contribution in [0.2, 0.25) is 0 Å². The molecular formula is C15H17NO2. The molecule has 0 amide bonds. The SMILES string of the molecule is COc1ccc(CNC2COC2)c2ccccc12. The third-order valence-corrected chi connectivity index (χ3v) is 3.41. The Labute approximate surface area is 107 Å². The number of benzene rings is 2. The van der Waals surface area contributed by atoms with Crippen molar-refractivity contribution in [2.24, 2.45) is 0 Å². The van der Waals surface area contributed by atoms with Crippen molar-refractivity contribution in [2.75, 3.05) is 20.3 Å². The summed E-state index contributed by atoms with van der Waals surface area (Å²) in [6.07, 6.45) is 0. The van der Waals surface area contributed by atoms with Gasteiger partial charge in [0.2, 0.25) is 0 Å². The Balaban J connectivity index is 1.91. The van der Waals surface area contributed by atoms with E-state index in [4.69, 9.17) is 9.47 Å². The molecule has 1 fully saturated rings. The van der Waals surface area contributed by atoms with E-state index < -0.39 is 0 Å². The van der Waals surface area contributed by atoms with Gasteiger partial charge in [-0.3, -0.25) is 0 Å². The first-order valence-electron chi connectivity index (χ1n) is 6.24. The molecule has 0 unspecified atom stereocenters. The van der Waals surface area contributed by atoms with Crippen molar-refractivity contribution in [3.05, 3.63) is 42.0 Å². The third-order valence-electron chi connectivity index (χ3n) is 3.41. The lowest BCUT2D eigenvalue weighted by atomic mass is 10.0. The molecule has 3 heteroatoms. The highest BCUT2D eigenvalue weighted by molar-refractivity contribution is 5.91. The van der Waals surface area contributed by atoms with E-state index in [2.05, 4.69) is 29.6 Å². The van der Waals surface area contributed by atoms with Gasteiger partial charge in [-0.05, 0) is 17.0 Å². The molecule has 0 spiro atoms. The molecular weight excluding hydrogens is 226 g/mol. The van der Waals surface area contributed by atoms with E-state index in [1.54, 1.807) is 7.11 Å². The smallest absolute Gasteiger partial charge is 0.126 e. The summed E-state index contributed by atoms with van der Waals surface area (Å²) in [5.74, 6) is 0.932. The molecule has 0 radical (unpaired) electrons. The van der Waals surface area contributed by atoms with Gasteiger partial charge in [0.05, 0.1) is 26.4 Å². The minimum absolute atomic E-state index is 0.505. The molecule has 0 aromatic heterocycles. The largest absolute Gasteiger partial charge is 0.496 e. The fourth-order valence-corrected chi connectivity index (χ4v) is 2.27. The van der Waals surface area contributed by atoms with Crippen molar-refractivity contribution in [1.82, 2.24) is 5.32 Å². The summed E-state index contributed by atoms with van der Waals surface area (Å²) >= 11 is 0. The lowest BCUT2D eigenvalue weighted by Gasteiger charge is -2.27. The van der Waals surface area contributed by atoms with E-state index in [-0.39, 0.29) is 0 Å². The van der Waals surface area contributed by atoms with E-state index in [0.29, 0.717) is 6.04 Å². The van der Waals surface area contributed by atoms with Crippen LogP contribution < -0.4 is 10.1 Å². The zero-order valence-corrected chi connectivity index (χ0v) is 10.5. The van der Waals surface area contributed by atoms with E-state index in [0.717, 1.165) is 25.5 Å². The van der Waals surface area contributed by atoms with Gasteiger partial charge in [-0.25, -0.2) is 0 Å². The molecule has 0 saturated carbocycles. The summed E-state index contributed by atoms with van der Waals surface area (Å²) in [7, 11) is 1.71. The van der Waals surface area contributed by atoms with Gasteiger partial charge in [-0.15, -0.1) is 0 Å². The second-order valence-corrected chi connectivity index (χ2v) is 4.59. The topological polar surface area (TPSA) is 30.5 Å². The van der Waals surface area contributed by atoms with Gasteiger partial charge >= 0.3 is 0 Å². The minimum atomic E-state index is 0.505. The van der Waals surface area contributed by atoms with Crippen molar-refractivity contribution in [3.63, 3.8) is 0 Å². The molecule has 1 aliphatic heterocycles. The Hall–Kier alpha value is -1.58. The van der Waals surface area contributed by atoms with Gasteiger partial charge in [0.25, 0.3) is 0 Å². The summed E-state index contributed by atoms with van der Waals surface area (Å²) in [5, 5.41) is 5.92. The summed E-state index contributed by atoms with van der Waals surface area (Å²) in [4.78, 5) is 0. The normalized spacial score (nSPS) is 15.6. The minimum Gasteiger partial charge on any atom is -0.496 e. The zero-order chi connectivity index (χ0) is 12.4. The molecule has 1 N–H and O–H groups in total. The number of fused-ring (bicyclic) bond motifs is 1. The van der Waals surface area contributed by atoms with Crippen LogP contribution in [0.25, 0.3) is 10.8 Å². The van der Waals surface area contributed by atoms with Crippen molar-refractivity contribution in [1.29, 1.82) is 0 Å². The first kappa shape index (κ1) is 11.5. The lowest BCUT2D eigenvalue weighted by molar-refractivity contribution is -0.00574. The molecule has 1 saturated heterocycles. The van der Waals surface area contributed by atoms with Crippen LogP contribution >= 0.6 is 0 Å². The molecule has 3 nitrogen and oxygen atoms in total. The van der Waals surface area contributed by atoms with E-state index in [9.17, 15) is 0 Å². The van der Waals surface area contributed by atoms with Gasteiger partial charge in [0.15, 0.2) is 0 Å². The molecule has 0 bridgehead atoms. The number of nitrogens with one attached hydrogen (secondary N) is 1. The van der Waals surface area contributed by atoms with Crippen molar-refractivity contribution < 1.29 is 9.47 Å². The average Bonchev–Trinajstić information content (AvgIpc) is 2.37. The highest BCUT2D eigenvalue weighted by atomic mass is 16.5. The summed E-state index contributed by atoms with van der Waals surface area (Å²) in [5.41, 5.74) is 1.30. The van der Waals surface area contributed by atoms with Crippen LogP contribution in [-0.4, -0.2) is 26.4 Å². The fraction of sp³-hybridized carbons (Fsp3) is 0.333. The Morgan fingerprint density at radius 2 is 1.94 bits per heavy atom. The molecule has 2 aromatic rings. The molecule has 18 heavy (non-hydrogen) atoms. The molecule has 2 aromatic carbocycles. The molecule has 1 aliphatic rings. The standard InChI is InChI=1S/C15H17NO2/c1-17-15-7-6-11(8-16-12-9-18-10-12)13-4-2-3-5-14(13)15/h2-7,12,16H,8-10H2,1H3. The predicted molar refractivity (Wildman–Crippen MR) is 71.9 cm³/mol. The molecule has 0 aliphatic carbocycles. The number of ether oxygens (including phenoxy) is 2.